The molecular weight excluding hydrogens is 346 g/mol. The van der Waals surface area contributed by atoms with Gasteiger partial charge in [0.25, 0.3) is 11.8 Å². The molecule has 2 N–H and O–H groups in total. The van der Waals surface area contributed by atoms with Gasteiger partial charge in [0.1, 0.15) is 11.5 Å². The zero-order valence-electron chi connectivity index (χ0n) is 14.2. The summed E-state index contributed by atoms with van der Waals surface area (Å²) in [4.78, 5) is 23.8. The summed E-state index contributed by atoms with van der Waals surface area (Å²) < 4.78 is 34.4. The summed E-state index contributed by atoms with van der Waals surface area (Å²) in [5.41, 5.74) is 6.00. The van der Waals surface area contributed by atoms with Crippen LogP contribution < -0.4 is 20.3 Å². The average molecular weight is 364 g/mol. The zero-order valence-corrected chi connectivity index (χ0v) is 14.2. The van der Waals surface area contributed by atoms with Gasteiger partial charge < -0.3 is 9.47 Å². The highest BCUT2D eigenvalue weighted by Crippen LogP contribution is 2.20. The lowest BCUT2D eigenvalue weighted by Crippen LogP contribution is -2.44. The van der Waals surface area contributed by atoms with E-state index in [0.717, 1.165) is 11.1 Å². The van der Waals surface area contributed by atoms with Crippen molar-refractivity contribution in [3.63, 3.8) is 0 Å². The second kappa shape index (κ2) is 8.80. The molecule has 0 radical (unpaired) electrons. The fraction of sp³-hybridized carbons (Fsp3) is 0.222. The summed E-state index contributed by atoms with van der Waals surface area (Å²) in [6.45, 7) is 0.351. The van der Waals surface area contributed by atoms with E-state index in [2.05, 4.69) is 15.6 Å². The number of benzene rings is 2. The Hall–Kier alpha value is -3.16. The van der Waals surface area contributed by atoms with E-state index < -0.39 is 18.4 Å². The van der Waals surface area contributed by atoms with Gasteiger partial charge in [0.15, 0.2) is 6.61 Å². The van der Waals surface area contributed by atoms with Gasteiger partial charge in [0, 0.05) is 0 Å². The van der Waals surface area contributed by atoms with E-state index in [4.69, 9.17) is 4.74 Å². The molecule has 0 fully saturated rings. The number of alkyl halides is 2. The highest BCUT2D eigenvalue weighted by molar-refractivity contribution is 5.97. The maximum Gasteiger partial charge on any atom is 0.387 e. The normalized spacial score (nSPS) is 10.3. The van der Waals surface area contributed by atoms with Crippen molar-refractivity contribution in [1.29, 1.82) is 0 Å². The molecular formula is C18H18F2N2O4. The lowest BCUT2D eigenvalue weighted by atomic mass is 10.1. The topological polar surface area (TPSA) is 76.7 Å². The van der Waals surface area contributed by atoms with Gasteiger partial charge in [-0.1, -0.05) is 24.3 Å². The number of rotatable bonds is 6. The first-order valence-electron chi connectivity index (χ1n) is 7.70. The number of amides is 2. The molecule has 26 heavy (non-hydrogen) atoms. The van der Waals surface area contributed by atoms with E-state index in [9.17, 15) is 18.4 Å². The molecule has 0 aromatic heterocycles. The largest absolute Gasteiger partial charge is 0.483 e. The molecule has 2 rings (SSSR count). The molecule has 0 saturated carbocycles. The summed E-state index contributed by atoms with van der Waals surface area (Å²) >= 11 is 0. The number of hydrazine groups is 1. The quantitative estimate of drug-likeness (QED) is 0.773. The lowest BCUT2D eigenvalue weighted by molar-refractivity contribution is -0.123. The van der Waals surface area contributed by atoms with Crippen LogP contribution >= 0.6 is 0 Å². The average Bonchev–Trinajstić information content (AvgIpc) is 2.60. The highest BCUT2D eigenvalue weighted by Gasteiger charge is 2.16. The van der Waals surface area contributed by atoms with Crippen molar-refractivity contribution in [2.45, 2.75) is 20.5 Å². The van der Waals surface area contributed by atoms with Crippen molar-refractivity contribution in [2.75, 3.05) is 6.61 Å². The number of carbonyl (C=O) groups is 2. The van der Waals surface area contributed by atoms with Crippen LogP contribution in [0.1, 0.15) is 21.5 Å². The Balaban J connectivity index is 1.89. The molecule has 138 valence electrons. The minimum Gasteiger partial charge on any atom is -0.483 e. The predicted molar refractivity (Wildman–Crippen MR) is 90.1 cm³/mol. The van der Waals surface area contributed by atoms with E-state index >= 15 is 0 Å². The first kappa shape index (κ1) is 19.2. The monoisotopic (exact) mass is 364 g/mol. The van der Waals surface area contributed by atoms with Crippen molar-refractivity contribution < 1.29 is 27.8 Å². The second-order valence-corrected chi connectivity index (χ2v) is 5.43. The minimum atomic E-state index is -3.07. The second-order valence-electron chi connectivity index (χ2n) is 5.43. The number of halogens is 2. The lowest BCUT2D eigenvalue weighted by Gasteiger charge is -2.12. The van der Waals surface area contributed by atoms with Crippen molar-refractivity contribution in [2.24, 2.45) is 0 Å². The van der Waals surface area contributed by atoms with E-state index in [1.165, 1.54) is 24.3 Å². The third kappa shape index (κ3) is 5.44. The van der Waals surface area contributed by atoms with E-state index in [1.807, 2.05) is 26.0 Å². The van der Waals surface area contributed by atoms with E-state index in [-0.39, 0.29) is 17.9 Å². The minimum absolute atomic E-state index is 0.136. The third-order valence-electron chi connectivity index (χ3n) is 3.37. The molecule has 0 unspecified atom stereocenters. The van der Waals surface area contributed by atoms with Crippen molar-refractivity contribution in [3.05, 3.63) is 59.2 Å². The summed E-state index contributed by atoms with van der Waals surface area (Å²) in [6.07, 6.45) is 0. The Kier molecular flexibility index (Phi) is 6.48. The van der Waals surface area contributed by atoms with Gasteiger partial charge >= 0.3 is 6.61 Å². The first-order valence-corrected chi connectivity index (χ1v) is 7.70. The molecule has 0 saturated heterocycles. The van der Waals surface area contributed by atoms with Crippen molar-refractivity contribution >= 4 is 11.8 Å². The Morgan fingerprint density at radius 2 is 1.77 bits per heavy atom. The van der Waals surface area contributed by atoms with E-state index in [0.29, 0.717) is 5.75 Å². The number of hydrogen-bond donors (Lipinski definition) is 2. The maximum absolute atomic E-state index is 12.4. The van der Waals surface area contributed by atoms with Crippen LogP contribution in [0.5, 0.6) is 11.5 Å². The fourth-order valence-corrected chi connectivity index (χ4v) is 2.09. The molecule has 0 aliphatic heterocycles. The fourth-order valence-electron chi connectivity index (χ4n) is 2.09. The molecule has 8 heteroatoms. The van der Waals surface area contributed by atoms with Crippen LogP contribution in [-0.2, 0) is 4.79 Å². The summed E-state index contributed by atoms with van der Waals surface area (Å²) in [7, 11) is 0. The van der Waals surface area contributed by atoms with Crippen LogP contribution in [0.4, 0.5) is 8.78 Å². The van der Waals surface area contributed by atoms with E-state index in [1.54, 1.807) is 6.07 Å². The number of para-hydroxylation sites is 1. The van der Waals surface area contributed by atoms with Crippen LogP contribution in [-0.4, -0.2) is 25.0 Å². The highest BCUT2D eigenvalue weighted by atomic mass is 19.3. The van der Waals surface area contributed by atoms with Gasteiger partial charge in [0.2, 0.25) is 0 Å². The number of aryl methyl sites for hydroxylation is 2. The van der Waals surface area contributed by atoms with Gasteiger partial charge in [0.05, 0.1) is 5.56 Å². The molecule has 0 bridgehead atoms. The molecule has 6 nitrogen and oxygen atoms in total. The molecule has 0 aliphatic rings. The van der Waals surface area contributed by atoms with Gasteiger partial charge in [-0.15, -0.1) is 0 Å². The van der Waals surface area contributed by atoms with Crippen LogP contribution in [0.15, 0.2) is 42.5 Å². The maximum atomic E-state index is 12.4. The number of hydrogen-bond acceptors (Lipinski definition) is 4. The molecule has 0 atom stereocenters. The zero-order chi connectivity index (χ0) is 19.1. The Bertz CT molecular complexity index is 797. The van der Waals surface area contributed by atoms with Gasteiger partial charge in [-0.2, -0.15) is 8.78 Å². The smallest absolute Gasteiger partial charge is 0.387 e. The van der Waals surface area contributed by atoms with Gasteiger partial charge in [-0.05, 0) is 43.2 Å². The van der Waals surface area contributed by atoms with Gasteiger partial charge in [-0.3, -0.25) is 20.4 Å². The number of carbonyl (C=O) groups excluding carboxylic acids is 2. The summed E-state index contributed by atoms with van der Waals surface area (Å²) in [5, 5.41) is 0. The Labute approximate surface area is 149 Å². The van der Waals surface area contributed by atoms with Gasteiger partial charge in [-0.25, -0.2) is 0 Å². The molecule has 0 heterocycles. The van der Waals surface area contributed by atoms with Crippen LogP contribution in [0.25, 0.3) is 0 Å². The first-order chi connectivity index (χ1) is 12.4. The van der Waals surface area contributed by atoms with Crippen LogP contribution in [0, 0.1) is 13.8 Å². The molecule has 2 aromatic carbocycles. The standard InChI is InChI=1S/C18H18F2N2O4/c1-11-7-8-12(2)15(9-11)25-10-16(23)21-22-17(24)13-5-3-4-6-14(13)26-18(19)20/h3-9,18H,10H2,1-2H3,(H,21,23)(H,22,24). The van der Waals surface area contributed by atoms with Crippen molar-refractivity contribution in [3.8, 4) is 11.5 Å². The third-order valence-corrected chi connectivity index (χ3v) is 3.37. The van der Waals surface area contributed by atoms with Crippen LogP contribution in [0.3, 0.4) is 0 Å². The number of nitrogens with one attached hydrogen (secondary N) is 2. The summed E-state index contributed by atoms with van der Waals surface area (Å²) in [5.74, 6) is -1.13. The SMILES string of the molecule is Cc1ccc(C)c(OCC(=O)NNC(=O)c2ccccc2OC(F)F)c1. The van der Waals surface area contributed by atoms with Crippen LogP contribution in [0.2, 0.25) is 0 Å². The Morgan fingerprint density at radius 3 is 2.50 bits per heavy atom. The predicted octanol–water partition coefficient (Wildman–Crippen LogP) is 2.74. The Morgan fingerprint density at radius 1 is 1.04 bits per heavy atom. The summed E-state index contributed by atoms with van der Waals surface area (Å²) in [6, 6.07) is 11.0. The molecule has 2 amide bonds. The molecule has 0 aliphatic carbocycles. The molecule has 0 spiro atoms. The number of ether oxygens (including phenoxy) is 2. The van der Waals surface area contributed by atoms with Crippen molar-refractivity contribution in [1.82, 2.24) is 10.9 Å². The molecule has 2 aromatic rings.